The number of fused-ring (bicyclic) bond motifs is 2. The highest BCUT2D eigenvalue weighted by Gasteiger charge is 2.40. The van der Waals surface area contributed by atoms with Gasteiger partial charge in [0.15, 0.2) is 5.79 Å². The minimum Gasteiger partial charge on any atom is -0.481 e. The van der Waals surface area contributed by atoms with Crippen LogP contribution in [-0.2, 0) is 40.0 Å². The fraction of sp³-hybridized carbons (Fsp3) is 0.500. The smallest absolute Gasteiger partial charge is 0.213 e. The van der Waals surface area contributed by atoms with Crippen molar-refractivity contribution in [3.05, 3.63) is 46.8 Å². The Labute approximate surface area is 170 Å². The van der Waals surface area contributed by atoms with Crippen LogP contribution < -0.4 is 9.47 Å². The van der Waals surface area contributed by atoms with Crippen LogP contribution in [0.3, 0.4) is 0 Å². The second-order valence-corrected chi connectivity index (χ2v) is 7.42. The third kappa shape index (κ3) is 4.41. The number of carbonyl (C=O) groups is 1. The molecular formula is C22H26N2O5. The molecule has 29 heavy (non-hydrogen) atoms. The molecule has 0 N–H and O–H groups in total. The summed E-state index contributed by atoms with van der Waals surface area (Å²) in [7, 11) is 3.24. The Morgan fingerprint density at radius 2 is 1.48 bits per heavy atom. The zero-order chi connectivity index (χ0) is 20.3. The number of nitrogens with zero attached hydrogens (tertiary/aromatic N) is 2. The number of aryl methyl sites for hydroxylation is 2. The molecule has 3 heterocycles. The summed E-state index contributed by atoms with van der Waals surface area (Å²) in [5.41, 5.74) is 4.40. The van der Waals surface area contributed by atoms with Crippen LogP contribution in [0.4, 0.5) is 0 Å². The van der Waals surface area contributed by atoms with E-state index in [0.717, 1.165) is 42.6 Å². The Bertz CT molecular complexity index is 893. The summed E-state index contributed by atoms with van der Waals surface area (Å²) in [4.78, 5) is 19.9. The molecule has 0 atom stereocenters. The van der Waals surface area contributed by atoms with Crippen LogP contribution in [0.2, 0.25) is 0 Å². The SMILES string of the molecule is COc1ccc2c(n1)CCC(=O)C2.COc1ccc2c(n1)CCC1(C2)OCCO1. The standard InChI is InChI=1S/C12H15NO3.C10H11NO2/c1-14-11-3-2-9-8-12(15-6-7-16-12)5-4-10(9)13-11;1-13-10-5-2-7-6-8(12)3-4-9(7)11-10/h2-3H,4-8H2,1H3;2,5H,3-4,6H2,1H3. The summed E-state index contributed by atoms with van der Waals surface area (Å²) in [6.07, 6.45) is 4.50. The molecule has 1 saturated heterocycles. The molecule has 1 aliphatic heterocycles. The number of hydrogen-bond acceptors (Lipinski definition) is 7. The number of methoxy groups -OCH3 is 2. The number of Topliss-reactive ketones (excluding diaryl/α,β-unsaturated/α-hetero) is 1. The van der Waals surface area contributed by atoms with Gasteiger partial charge >= 0.3 is 0 Å². The van der Waals surface area contributed by atoms with Gasteiger partial charge in [0.25, 0.3) is 0 Å². The molecule has 1 fully saturated rings. The van der Waals surface area contributed by atoms with Gasteiger partial charge in [-0.05, 0) is 24.0 Å². The molecule has 7 heteroatoms. The van der Waals surface area contributed by atoms with E-state index in [1.165, 1.54) is 5.56 Å². The molecule has 1 spiro atoms. The lowest BCUT2D eigenvalue weighted by Crippen LogP contribution is -2.37. The van der Waals surface area contributed by atoms with Crippen molar-refractivity contribution in [1.29, 1.82) is 0 Å². The zero-order valence-electron chi connectivity index (χ0n) is 16.9. The molecule has 154 valence electrons. The van der Waals surface area contributed by atoms with Gasteiger partial charge in [0.1, 0.15) is 5.78 Å². The van der Waals surface area contributed by atoms with E-state index in [-0.39, 0.29) is 5.79 Å². The summed E-state index contributed by atoms with van der Waals surface area (Å²) in [5, 5.41) is 0. The Morgan fingerprint density at radius 1 is 0.862 bits per heavy atom. The van der Waals surface area contributed by atoms with Crippen molar-refractivity contribution in [1.82, 2.24) is 9.97 Å². The fourth-order valence-electron chi connectivity index (χ4n) is 3.99. The van der Waals surface area contributed by atoms with E-state index in [4.69, 9.17) is 18.9 Å². The van der Waals surface area contributed by atoms with Gasteiger partial charge in [-0.15, -0.1) is 0 Å². The van der Waals surface area contributed by atoms with Gasteiger partial charge in [-0.2, -0.15) is 0 Å². The van der Waals surface area contributed by atoms with E-state index in [1.807, 2.05) is 12.1 Å². The van der Waals surface area contributed by atoms with Crippen LogP contribution in [0.25, 0.3) is 0 Å². The zero-order valence-corrected chi connectivity index (χ0v) is 16.9. The van der Waals surface area contributed by atoms with Crippen molar-refractivity contribution in [3.63, 3.8) is 0 Å². The highest BCUT2D eigenvalue weighted by atomic mass is 16.7. The number of rotatable bonds is 2. The van der Waals surface area contributed by atoms with Crippen molar-refractivity contribution in [2.45, 2.75) is 44.3 Å². The van der Waals surface area contributed by atoms with Gasteiger partial charge in [-0.1, -0.05) is 12.1 Å². The average molecular weight is 398 g/mol. The maximum absolute atomic E-state index is 11.1. The van der Waals surface area contributed by atoms with Crippen molar-refractivity contribution in [2.75, 3.05) is 27.4 Å². The van der Waals surface area contributed by atoms with Crippen molar-refractivity contribution in [3.8, 4) is 11.8 Å². The molecule has 2 aromatic heterocycles. The molecule has 3 aliphatic rings. The predicted octanol–water partition coefficient (Wildman–Crippen LogP) is 2.47. The highest BCUT2D eigenvalue weighted by Crippen LogP contribution is 2.35. The minimum atomic E-state index is -0.372. The number of carbonyl (C=O) groups excluding carboxylic acids is 1. The van der Waals surface area contributed by atoms with E-state index < -0.39 is 0 Å². The van der Waals surface area contributed by atoms with Crippen molar-refractivity contribution in [2.24, 2.45) is 0 Å². The van der Waals surface area contributed by atoms with E-state index in [1.54, 1.807) is 20.3 Å². The molecule has 2 aliphatic carbocycles. The van der Waals surface area contributed by atoms with Gasteiger partial charge in [-0.3, -0.25) is 4.79 Å². The molecular weight excluding hydrogens is 372 g/mol. The molecule has 0 radical (unpaired) electrons. The normalized spacial score (nSPS) is 19.0. The molecule has 5 rings (SSSR count). The first-order valence-electron chi connectivity index (χ1n) is 9.96. The van der Waals surface area contributed by atoms with Gasteiger partial charge in [0.2, 0.25) is 11.8 Å². The molecule has 0 saturated carbocycles. The summed E-state index contributed by atoms with van der Waals surface area (Å²) in [6, 6.07) is 7.69. The van der Waals surface area contributed by atoms with Gasteiger partial charge in [-0.25, -0.2) is 9.97 Å². The highest BCUT2D eigenvalue weighted by molar-refractivity contribution is 5.82. The second kappa shape index (κ2) is 8.47. The number of pyridine rings is 2. The summed E-state index contributed by atoms with van der Waals surface area (Å²) in [5.74, 6) is 1.25. The fourth-order valence-corrected chi connectivity index (χ4v) is 3.99. The van der Waals surface area contributed by atoms with Crippen molar-refractivity contribution >= 4 is 5.78 Å². The number of ketones is 1. The van der Waals surface area contributed by atoms with Crippen LogP contribution in [0, 0.1) is 0 Å². The summed E-state index contributed by atoms with van der Waals surface area (Å²) in [6.45, 7) is 1.41. The maximum atomic E-state index is 11.1. The molecule has 0 amide bonds. The van der Waals surface area contributed by atoms with E-state index in [0.29, 0.717) is 43.6 Å². The van der Waals surface area contributed by atoms with E-state index in [9.17, 15) is 4.79 Å². The topological polar surface area (TPSA) is 79.8 Å². The van der Waals surface area contributed by atoms with E-state index in [2.05, 4.69) is 16.0 Å². The molecule has 7 nitrogen and oxygen atoms in total. The van der Waals surface area contributed by atoms with Gasteiger partial charge in [0.05, 0.1) is 27.4 Å². The average Bonchev–Trinajstić information content (AvgIpc) is 3.21. The monoisotopic (exact) mass is 398 g/mol. The molecule has 0 unspecified atom stereocenters. The number of aromatic nitrogens is 2. The molecule has 2 aromatic rings. The maximum Gasteiger partial charge on any atom is 0.213 e. The van der Waals surface area contributed by atoms with Crippen LogP contribution in [0.5, 0.6) is 11.8 Å². The first-order valence-corrected chi connectivity index (χ1v) is 9.96. The Balaban J connectivity index is 0.000000145. The summed E-state index contributed by atoms with van der Waals surface area (Å²) >= 11 is 0. The van der Waals surface area contributed by atoms with Crippen LogP contribution in [-0.4, -0.2) is 49.0 Å². The van der Waals surface area contributed by atoms with E-state index >= 15 is 0 Å². The quantitative estimate of drug-likeness (QED) is 0.769. The first kappa shape index (κ1) is 19.8. The van der Waals surface area contributed by atoms with Crippen LogP contribution in [0.1, 0.15) is 35.4 Å². The largest absolute Gasteiger partial charge is 0.481 e. The lowest BCUT2D eigenvalue weighted by Gasteiger charge is -2.32. The van der Waals surface area contributed by atoms with Crippen LogP contribution >= 0.6 is 0 Å². The first-order chi connectivity index (χ1) is 14.1. The Morgan fingerprint density at radius 3 is 2.14 bits per heavy atom. The van der Waals surface area contributed by atoms with Gasteiger partial charge in [0, 0.05) is 49.2 Å². The third-order valence-electron chi connectivity index (χ3n) is 5.55. The van der Waals surface area contributed by atoms with Gasteiger partial charge < -0.3 is 18.9 Å². The summed E-state index contributed by atoms with van der Waals surface area (Å²) < 4.78 is 21.6. The second-order valence-electron chi connectivity index (χ2n) is 7.42. The predicted molar refractivity (Wildman–Crippen MR) is 105 cm³/mol. The van der Waals surface area contributed by atoms with Crippen LogP contribution in [0.15, 0.2) is 24.3 Å². The third-order valence-corrected chi connectivity index (χ3v) is 5.55. The Kier molecular flexibility index (Phi) is 5.78. The van der Waals surface area contributed by atoms with Crippen molar-refractivity contribution < 1.29 is 23.7 Å². The molecule has 0 aromatic carbocycles. The number of ether oxygens (including phenoxy) is 4. The number of hydrogen-bond donors (Lipinski definition) is 0. The minimum absolute atomic E-state index is 0.305. The lowest BCUT2D eigenvalue weighted by atomic mass is 9.91. The lowest BCUT2D eigenvalue weighted by molar-refractivity contribution is -0.164. The Hall–Kier alpha value is -2.51. The molecule has 0 bridgehead atoms.